The Morgan fingerprint density at radius 1 is 1.38 bits per heavy atom. The van der Waals surface area contributed by atoms with Crippen molar-refractivity contribution in [2.75, 3.05) is 0 Å². The zero-order valence-electron chi connectivity index (χ0n) is 8.54. The summed E-state index contributed by atoms with van der Waals surface area (Å²) in [5, 5.41) is 0. The third-order valence-corrected chi connectivity index (χ3v) is 1.54. The van der Waals surface area contributed by atoms with Crippen LogP contribution in [0.25, 0.3) is 6.08 Å². The number of aliphatic imine (C=N–C) groups is 1. The fourth-order valence-electron chi connectivity index (χ4n) is 0.952. The van der Waals surface area contributed by atoms with Crippen LogP contribution in [0.15, 0.2) is 24.0 Å². The van der Waals surface area contributed by atoms with E-state index in [4.69, 9.17) is 0 Å². The van der Waals surface area contributed by atoms with E-state index in [1.54, 1.807) is 18.5 Å². The van der Waals surface area contributed by atoms with Gasteiger partial charge in [0, 0.05) is 11.8 Å². The summed E-state index contributed by atoms with van der Waals surface area (Å²) in [7, 11) is 0. The van der Waals surface area contributed by atoms with Gasteiger partial charge in [-0.2, -0.15) is 0 Å². The van der Waals surface area contributed by atoms with Crippen molar-refractivity contribution >= 4 is 18.5 Å². The van der Waals surface area contributed by atoms with Crippen molar-refractivity contribution < 1.29 is 0 Å². The molecule has 2 heteroatoms. The Morgan fingerprint density at radius 2 is 2.00 bits per heavy atom. The molecular formula is C11H16N2. The average molecular weight is 176 g/mol. The molecule has 13 heavy (non-hydrogen) atoms. The van der Waals surface area contributed by atoms with Gasteiger partial charge in [-0.05, 0) is 19.2 Å². The van der Waals surface area contributed by atoms with Gasteiger partial charge >= 0.3 is 0 Å². The fraction of sp³-hybridized carbons (Fsp3) is 0.273. The number of aromatic nitrogens is 1. The maximum Gasteiger partial charge on any atom is 0.0880 e. The van der Waals surface area contributed by atoms with Gasteiger partial charge in [0.15, 0.2) is 0 Å². The highest BCUT2D eigenvalue weighted by atomic mass is 14.7. The second-order valence-electron chi connectivity index (χ2n) is 2.25. The van der Waals surface area contributed by atoms with E-state index >= 15 is 0 Å². The molecule has 1 rings (SSSR count). The second kappa shape index (κ2) is 6.12. The third kappa shape index (κ3) is 2.82. The zero-order chi connectivity index (χ0) is 10.3. The molecule has 0 N–H and O–H groups in total. The van der Waals surface area contributed by atoms with Crippen molar-refractivity contribution in [3.63, 3.8) is 0 Å². The Balaban J connectivity index is 0.000000671. The van der Waals surface area contributed by atoms with Crippen LogP contribution in [0.2, 0.25) is 0 Å². The Bertz CT molecular complexity index is 290. The van der Waals surface area contributed by atoms with E-state index in [0.717, 1.165) is 16.8 Å². The van der Waals surface area contributed by atoms with E-state index < -0.39 is 0 Å². The first-order valence-corrected chi connectivity index (χ1v) is 4.33. The van der Waals surface area contributed by atoms with E-state index in [0.29, 0.717) is 0 Å². The van der Waals surface area contributed by atoms with Crippen LogP contribution in [0.3, 0.4) is 0 Å². The van der Waals surface area contributed by atoms with Crippen LogP contribution in [0.5, 0.6) is 0 Å². The van der Waals surface area contributed by atoms with E-state index in [9.17, 15) is 0 Å². The quantitative estimate of drug-likeness (QED) is 0.634. The summed E-state index contributed by atoms with van der Waals surface area (Å²) in [6.45, 7) is 13.1. The number of rotatable bonds is 2. The molecule has 2 nitrogen and oxygen atoms in total. The molecule has 0 atom stereocenters. The minimum atomic E-state index is 0.792. The summed E-state index contributed by atoms with van der Waals surface area (Å²) in [6, 6.07) is 0. The topological polar surface area (TPSA) is 25.2 Å². The summed E-state index contributed by atoms with van der Waals surface area (Å²) in [5.74, 6) is 0. The van der Waals surface area contributed by atoms with E-state index in [1.165, 1.54) is 0 Å². The molecular weight excluding hydrogens is 160 g/mol. The highest BCUT2D eigenvalue weighted by molar-refractivity contribution is 5.66. The smallest absolute Gasteiger partial charge is 0.0880 e. The van der Waals surface area contributed by atoms with Crippen LogP contribution in [-0.2, 0) is 0 Å². The van der Waals surface area contributed by atoms with Gasteiger partial charge in [-0.25, -0.2) is 0 Å². The first-order chi connectivity index (χ1) is 6.29. The highest BCUT2D eigenvalue weighted by Crippen LogP contribution is 2.20. The Morgan fingerprint density at radius 3 is 2.38 bits per heavy atom. The van der Waals surface area contributed by atoms with Crippen molar-refractivity contribution in [1.82, 2.24) is 4.98 Å². The van der Waals surface area contributed by atoms with Crippen LogP contribution in [-0.4, -0.2) is 11.7 Å². The lowest BCUT2D eigenvalue weighted by Gasteiger charge is -2.01. The monoisotopic (exact) mass is 176 g/mol. The standard InChI is InChI=1S/C9H10N2.C2H6/c1-4-8-7(2)5-11-6-9(8)10-3;1-2/h4-6H,1,3H2,2H3;1-2H3. The molecule has 0 spiro atoms. The van der Waals surface area contributed by atoms with Crippen molar-refractivity contribution in [1.29, 1.82) is 0 Å². The molecule has 0 unspecified atom stereocenters. The molecule has 0 amide bonds. The molecule has 1 heterocycles. The van der Waals surface area contributed by atoms with Crippen LogP contribution in [0.4, 0.5) is 5.69 Å². The fourth-order valence-corrected chi connectivity index (χ4v) is 0.952. The molecule has 0 aromatic carbocycles. The lowest BCUT2D eigenvalue weighted by molar-refractivity contribution is 1.24. The van der Waals surface area contributed by atoms with Crippen LogP contribution >= 0.6 is 0 Å². The summed E-state index contributed by atoms with van der Waals surface area (Å²) in [5.41, 5.74) is 2.87. The van der Waals surface area contributed by atoms with Gasteiger partial charge in [-0.1, -0.05) is 26.5 Å². The van der Waals surface area contributed by atoms with Crippen molar-refractivity contribution in [3.05, 3.63) is 30.1 Å². The lowest BCUT2D eigenvalue weighted by Crippen LogP contribution is -1.82. The normalized spacial score (nSPS) is 8.23. The summed E-state index contributed by atoms with van der Waals surface area (Å²) in [6.07, 6.45) is 5.23. The molecule has 0 aliphatic carbocycles. The van der Waals surface area contributed by atoms with Crippen molar-refractivity contribution in [3.8, 4) is 0 Å². The minimum absolute atomic E-state index is 0.792. The predicted octanol–water partition coefficient (Wildman–Crippen LogP) is 3.39. The first-order valence-electron chi connectivity index (χ1n) is 4.33. The van der Waals surface area contributed by atoms with Gasteiger partial charge in [0.25, 0.3) is 0 Å². The molecule has 0 saturated heterocycles. The van der Waals surface area contributed by atoms with E-state index in [-0.39, 0.29) is 0 Å². The van der Waals surface area contributed by atoms with Gasteiger partial charge in [0.2, 0.25) is 0 Å². The first kappa shape index (κ1) is 11.6. The zero-order valence-corrected chi connectivity index (χ0v) is 8.54. The van der Waals surface area contributed by atoms with Gasteiger partial charge < -0.3 is 0 Å². The van der Waals surface area contributed by atoms with Crippen LogP contribution in [0, 0.1) is 6.92 Å². The molecule has 0 bridgehead atoms. The molecule has 1 aromatic heterocycles. The minimum Gasteiger partial charge on any atom is -0.262 e. The third-order valence-electron chi connectivity index (χ3n) is 1.54. The summed E-state index contributed by atoms with van der Waals surface area (Å²) in [4.78, 5) is 7.80. The van der Waals surface area contributed by atoms with Crippen LogP contribution in [0.1, 0.15) is 25.0 Å². The molecule has 1 aromatic rings. The molecule has 0 aliphatic heterocycles. The van der Waals surface area contributed by atoms with Gasteiger partial charge in [-0.3, -0.25) is 9.98 Å². The highest BCUT2D eigenvalue weighted by Gasteiger charge is 1.98. The SMILES string of the molecule is C=Cc1c(C)cncc1N=C.CC. The van der Waals surface area contributed by atoms with E-state index in [1.807, 2.05) is 20.8 Å². The Hall–Kier alpha value is -1.44. The average Bonchev–Trinajstić information content (AvgIpc) is 2.20. The number of hydrogen-bond acceptors (Lipinski definition) is 2. The van der Waals surface area contributed by atoms with Crippen molar-refractivity contribution in [2.45, 2.75) is 20.8 Å². The molecule has 0 radical (unpaired) electrons. The molecule has 0 aliphatic rings. The second-order valence-corrected chi connectivity index (χ2v) is 2.25. The van der Waals surface area contributed by atoms with Gasteiger partial charge in [0.05, 0.1) is 11.9 Å². The van der Waals surface area contributed by atoms with Gasteiger partial charge in [-0.15, -0.1) is 0 Å². The number of nitrogens with zero attached hydrogens (tertiary/aromatic N) is 2. The lowest BCUT2D eigenvalue weighted by atomic mass is 10.1. The molecule has 70 valence electrons. The predicted molar refractivity (Wildman–Crippen MR) is 59.6 cm³/mol. The van der Waals surface area contributed by atoms with E-state index in [2.05, 4.69) is 23.3 Å². The Kier molecular flexibility index (Phi) is 5.44. The number of aryl methyl sites for hydroxylation is 1. The molecule has 0 fully saturated rings. The van der Waals surface area contributed by atoms with Crippen molar-refractivity contribution in [2.24, 2.45) is 4.99 Å². The van der Waals surface area contributed by atoms with Crippen LogP contribution < -0.4 is 0 Å². The maximum atomic E-state index is 3.98. The maximum absolute atomic E-state index is 3.98. The summed E-state index contributed by atoms with van der Waals surface area (Å²) < 4.78 is 0. The summed E-state index contributed by atoms with van der Waals surface area (Å²) >= 11 is 0. The number of hydrogen-bond donors (Lipinski definition) is 0. The number of pyridine rings is 1. The molecule has 0 saturated carbocycles. The Labute approximate surface area is 80.1 Å². The van der Waals surface area contributed by atoms with Gasteiger partial charge in [0.1, 0.15) is 0 Å². The largest absolute Gasteiger partial charge is 0.262 e.